The van der Waals surface area contributed by atoms with Crippen LogP contribution in [0.5, 0.6) is 0 Å². The number of hydrogen-bond acceptors (Lipinski definition) is 2. The van der Waals surface area contributed by atoms with Gasteiger partial charge in [-0.15, -0.1) is 0 Å². The highest BCUT2D eigenvalue weighted by molar-refractivity contribution is 5.36. The second kappa shape index (κ2) is 8.44. The van der Waals surface area contributed by atoms with Crippen LogP contribution in [0.15, 0.2) is 18.2 Å². The molecule has 1 aliphatic rings. The SMILES string of the molecule is CCCNC(CCOCC(F)F)c1ccc2c(c1)CCC2. The van der Waals surface area contributed by atoms with Crippen LogP contribution < -0.4 is 5.32 Å². The van der Waals surface area contributed by atoms with E-state index in [0.29, 0.717) is 6.61 Å². The van der Waals surface area contributed by atoms with E-state index in [0.717, 1.165) is 25.8 Å². The maximum absolute atomic E-state index is 12.1. The molecule has 4 heteroatoms. The van der Waals surface area contributed by atoms with Gasteiger partial charge < -0.3 is 10.1 Å². The summed E-state index contributed by atoms with van der Waals surface area (Å²) >= 11 is 0. The molecule has 0 saturated carbocycles. The lowest BCUT2D eigenvalue weighted by Crippen LogP contribution is -2.24. The number of rotatable bonds is 9. The molecule has 1 N–H and O–H groups in total. The first-order valence-corrected chi connectivity index (χ1v) is 7.91. The molecule has 0 spiro atoms. The van der Waals surface area contributed by atoms with E-state index in [1.54, 1.807) is 0 Å². The molecule has 1 atom stereocenters. The van der Waals surface area contributed by atoms with Crippen molar-refractivity contribution in [3.05, 3.63) is 34.9 Å². The van der Waals surface area contributed by atoms with E-state index >= 15 is 0 Å². The van der Waals surface area contributed by atoms with Crippen molar-refractivity contribution in [1.82, 2.24) is 5.32 Å². The normalized spacial score (nSPS) is 15.4. The van der Waals surface area contributed by atoms with Crippen LogP contribution in [0.1, 0.15) is 48.9 Å². The van der Waals surface area contributed by atoms with Crippen molar-refractivity contribution in [3.8, 4) is 0 Å². The molecule has 0 radical (unpaired) electrons. The van der Waals surface area contributed by atoms with E-state index in [1.807, 2.05) is 0 Å². The van der Waals surface area contributed by atoms with E-state index in [2.05, 4.69) is 30.4 Å². The maximum atomic E-state index is 12.1. The van der Waals surface area contributed by atoms with Gasteiger partial charge in [0.25, 0.3) is 6.43 Å². The summed E-state index contributed by atoms with van der Waals surface area (Å²) in [5.74, 6) is 0. The molecule has 118 valence electrons. The van der Waals surface area contributed by atoms with Crippen LogP contribution in [-0.4, -0.2) is 26.2 Å². The topological polar surface area (TPSA) is 21.3 Å². The van der Waals surface area contributed by atoms with E-state index < -0.39 is 13.0 Å². The number of alkyl halides is 2. The third kappa shape index (κ3) is 5.04. The Morgan fingerprint density at radius 3 is 2.81 bits per heavy atom. The molecule has 1 aromatic rings. The molecule has 0 heterocycles. The molecule has 0 bridgehead atoms. The van der Waals surface area contributed by atoms with E-state index in [4.69, 9.17) is 4.74 Å². The lowest BCUT2D eigenvalue weighted by atomic mass is 9.99. The maximum Gasteiger partial charge on any atom is 0.261 e. The molecular formula is C17H25F2NO. The molecule has 1 unspecified atom stereocenters. The molecular weight excluding hydrogens is 272 g/mol. The van der Waals surface area contributed by atoms with Crippen molar-refractivity contribution in [1.29, 1.82) is 0 Å². The largest absolute Gasteiger partial charge is 0.375 e. The molecule has 2 rings (SSSR count). The zero-order chi connectivity index (χ0) is 15.1. The first kappa shape index (κ1) is 16.4. The number of halogens is 2. The Bertz CT molecular complexity index is 437. The summed E-state index contributed by atoms with van der Waals surface area (Å²) in [4.78, 5) is 0. The number of hydrogen-bond donors (Lipinski definition) is 1. The molecule has 0 aliphatic heterocycles. The van der Waals surface area contributed by atoms with Crippen molar-refractivity contribution in [2.75, 3.05) is 19.8 Å². The zero-order valence-corrected chi connectivity index (χ0v) is 12.7. The average Bonchev–Trinajstić information content (AvgIpc) is 2.93. The third-order valence-corrected chi connectivity index (χ3v) is 3.96. The van der Waals surface area contributed by atoms with Crippen molar-refractivity contribution in [2.45, 2.75) is 51.5 Å². The highest BCUT2D eigenvalue weighted by atomic mass is 19.3. The first-order valence-electron chi connectivity index (χ1n) is 7.91. The van der Waals surface area contributed by atoms with Gasteiger partial charge in [-0.05, 0) is 55.3 Å². The number of benzene rings is 1. The third-order valence-electron chi connectivity index (χ3n) is 3.96. The van der Waals surface area contributed by atoms with Gasteiger partial charge in [0, 0.05) is 12.6 Å². The van der Waals surface area contributed by atoms with Crippen molar-refractivity contribution in [3.63, 3.8) is 0 Å². The second-order valence-corrected chi connectivity index (χ2v) is 5.64. The van der Waals surface area contributed by atoms with Gasteiger partial charge in [-0.2, -0.15) is 0 Å². The van der Waals surface area contributed by atoms with Gasteiger partial charge in [0.2, 0.25) is 0 Å². The standard InChI is InChI=1S/C17H25F2NO/c1-2-9-20-16(8-10-21-12-17(18)19)15-7-6-13-4-3-5-14(13)11-15/h6-7,11,16-17,20H,2-5,8-10,12H2,1H3. The Labute approximate surface area is 125 Å². The van der Waals surface area contributed by atoms with Gasteiger partial charge in [-0.1, -0.05) is 25.1 Å². The van der Waals surface area contributed by atoms with Gasteiger partial charge >= 0.3 is 0 Å². The van der Waals surface area contributed by atoms with Gasteiger partial charge in [-0.25, -0.2) is 8.78 Å². The summed E-state index contributed by atoms with van der Waals surface area (Å²) in [5, 5.41) is 3.50. The molecule has 0 saturated heterocycles. The molecule has 21 heavy (non-hydrogen) atoms. The zero-order valence-electron chi connectivity index (χ0n) is 12.7. The molecule has 1 aromatic carbocycles. The predicted octanol–water partition coefficient (Wildman–Crippen LogP) is 3.89. The summed E-state index contributed by atoms with van der Waals surface area (Å²) in [6, 6.07) is 6.86. The lowest BCUT2D eigenvalue weighted by molar-refractivity contribution is 0.0143. The van der Waals surface area contributed by atoms with Crippen LogP contribution in [0, 0.1) is 0 Å². The summed E-state index contributed by atoms with van der Waals surface area (Å²) in [5.41, 5.74) is 4.16. The summed E-state index contributed by atoms with van der Waals surface area (Å²) in [6.45, 7) is 2.95. The molecule has 2 nitrogen and oxygen atoms in total. The van der Waals surface area contributed by atoms with Crippen molar-refractivity contribution in [2.24, 2.45) is 0 Å². The lowest BCUT2D eigenvalue weighted by Gasteiger charge is -2.20. The van der Waals surface area contributed by atoms with E-state index in [1.165, 1.54) is 29.5 Å². The molecule has 0 amide bonds. The van der Waals surface area contributed by atoms with Crippen LogP contribution in [0.3, 0.4) is 0 Å². The molecule has 0 fully saturated rings. The number of fused-ring (bicyclic) bond motifs is 1. The number of ether oxygens (including phenoxy) is 1. The van der Waals surface area contributed by atoms with Crippen LogP contribution in [0.25, 0.3) is 0 Å². The fourth-order valence-corrected chi connectivity index (χ4v) is 2.89. The Morgan fingerprint density at radius 2 is 2.05 bits per heavy atom. The summed E-state index contributed by atoms with van der Waals surface area (Å²) in [6.07, 6.45) is 2.98. The van der Waals surface area contributed by atoms with Crippen LogP contribution in [-0.2, 0) is 17.6 Å². The van der Waals surface area contributed by atoms with Crippen molar-refractivity contribution >= 4 is 0 Å². The van der Waals surface area contributed by atoms with Crippen LogP contribution in [0.2, 0.25) is 0 Å². The van der Waals surface area contributed by atoms with Gasteiger partial charge in [0.15, 0.2) is 0 Å². The number of nitrogens with one attached hydrogen (secondary N) is 1. The first-order chi connectivity index (χ1) is 10.2. The van der Waals surface area contributed by atoms with Gasteiger partial charge in [0.05, 0.1) is 0 Å². The highest BCUT2D eigenvalue weighted by Crippen LogP contribution is 2.26. The van der Waals surface area contributed by atoms with Crippen LogP contribution in [0.4, 0.5) is 8.78 Å². The highest BCUT2D eigenvalue weighted by Gasteiger charge is 2.16. The predicted molar refractivity (Wildman–Crippen MR) is 80.9 cm³/mol. The minimum atomic E-state index is -2.38. The fraction of sp³-hybridized carbons (Fsp3) is 0.647. The van der Waals surface area contributed by atoms with Crippen molar-refractivity contribution < 1.29 is 13.5 Å². The van der Waals surface area contributed by atoms with E-state index in [9.17, 15) is 8.78 Å². The molecule has 1 aliphatic carbocycles. The Morgan fingerprint density at radius 1 is 1.24 bits per heavy atom. The smallest absolute Gasteiger partial charge is 0.261 e. The second-order valence-electron chi connectivity index (χ2n) is 5.64. The Balaban J connectivity index is 1.94. The fourth-order valence-electron chi connectivity index (χ4n) is 2.89. The monoisotopic (exact) mass is 297 g/mol. The molecule has 0 aromatic heterocycles. The van der Waals surface area contributed by atoms with Gasteiger partial charge in [0.1, 0.15) is 6.61 Å². The minimum Gasteiger partial charge on any atom is -0.375 e. The number of aryl methyl sites for hydroxylation is 2. The summed E-state index contributed by atoms with van der Waals surface area (Å²) < 4.78 is 29.2. The Kier molecular flexibility index (Phi) is 6.58. The van der Waals surface area contributed by atoms with Gasteiger partial charge in [-0.3, -0.25) is 0 Å². The quantitative estimate of drug-likeness (QED) is 0.698. The minimum absolute atomic E-state index is 0.188. The van der Waals surface area contributed by atoms with E-state index in [-0.39, 0.29) is 6.04 Å². The average molecular weight is 297 g/mol. The van der Waals surface area contributed by atoms with Crippen LogP contribution >= 0.6 is 0 Å². The Hall–Kier alpha value is -1.00. The summed E-state index contributed by atoms with van der Waals surface area (Å²) in [7, 11) is 0.